The maximum absolute atomic E-state index is 13.8. The summed E-state index contributed by atoms with van der Waals surface area (Å²) >= 11 is 0. The van der Waals surface area contributed by atoms with Crippen LogP contribution < -0.4 is 10.1 Å². The van der Waals surface area contributed by atoms with Gasteiger partial charge in [0.05, 0.1) is 17.6 Å². The third kappa shape index (κ3) is 4.03. The fourth-order valence-electron chi connectivity index (χ4n) is 2.40. The number of carbonyl (C=O) groups is 1. The standard InChI is InChI=1S/C17H18FN3O4/c1-19-15-6-5-12(21(23)24)9-13(15)17(22)20(2)10-11-4-7-16(25-3)14(18)8-11/h4-9,19H,10H2,1-3H3. The van der Waals surface area contributed by atoms with E-state index < -0.39 is 16.6 Å². The van der Waals surface area contributed by atoms with Crippen molar-refractivity contribution in [2.45, 2.75) is 6.54 Å². The van der Waals surface area contributed by atoms with Gasteiger partial charge < -0.3 is 15.0 Å². The number of anilines is 1. The van der Waals surface area contributed by atoms with Crippen LogP contribution in [-0.4, -0.2) is 36.9 Å². The number of hydrogen-bond acceptors (Lipinski definition) is 5. The molecule has 0 saturated heterocycles. The number of nitro benzene ring substituents is 1. The second-order valence-corrected chi connectivity index (χ2v) is 5.37. The average molecular weight is 347 g/mol. The maximum atomic E-state index is 13.8. The van der Waals surface area contributed by atoms with Gasteiger partial charge >= 0.3 is 0 Å². The van der Waals surface area contributed by atoms with Gasteiger partial charge in [0.25, 0.3) is 11.6 Å². The molecular weight excluding hydrogens is 329 g/mol. The number of nitrogens with one attached hydrogen (secondary N) is 1. The zero-order valence-corrected chi connectivity index (χ0v) is 14.1. The van der Waals surface area contributed by atoms with E-state index in [0.717, 1.165) is 0 Å². The smallest absolute Gasteiger partial charge is 0.270 e. The van der Waals surface area contributed by atoms with E-state index in [1.165, 1.54) is 42.3 Å². The molecule has 0 unspecified atom stereocenters. The number of benzene rings is 2. The van der Waals surface area contributed by atoms with Gasteiger partial charge in [-0.05, 0) is 23.8 Å². The van der Waals surface area contributed by atoms with Crippen LogP contribution in [0.3, 0.4) is 0 Å². The van der Waals surface area contributed by atoms with Gasteiger partial charge in [0.2, 0.25) is 0 Å². The lowest BCUT2D eigenvalue weighted by molar-refractivity contribution is -0.384. The lowest BCUT2D eigenvalue weighted by Crippen LogP contribution is -2.27. The predicted molar refractivity (Wildman–Crippen MR) is 91.4 cm³/mol. The number of non-ortho nitro benzene ring substituents is 1. The Labute approximate surface area is 144 Å². The molecule has 0 aliphatic heterocycles. The minimum atomic E-state index is -0.560. The lowest BCUT2D eigenvalue weighted by atomic mass is 10.1. The Morgan fingerprint density at radius 2 is 2.04 bits per heavy atom. The van der Waals surface area contributed by atoms with E-state index >= 15 is 0 Å². The first kappa shape index (κ1) is 18.2. The first-order valence-corrected chi connectivity index (χ1v) is 7.41. The summed E-state index contributed by atoms with van der Waals surface area (Å²) in [5.74, 6) is -0.815. The normalized spacial score (nSPS) is 10.2. The van der Waals surface area contributed by atoms with Crippen molar-refractivity contribution in [2.75, 3.05) is 26.5 Å². The summed E-state index contributed by atoms with van der Waals surface area (Å²) in [4.78, 5) is 24.4. The zero-order chi connectivity index (χ0) is 18.6. The highest BCUT2D eigenvalue weighted by Gasteiger charge is 2.20. The first-order chi connectivity index (χ1) is 11.9. The Kier molecular flexibility index (Phi) is 5.53. The van der Waals surface area contributed by atoms with E-state index in [0.29, 0.717) is 11.3 Å². The van der Waals surface area contributed by atoms with Crippen molar-refractivity contribution < 1.29 is 18.8 Å². The molecular formula is C17H18FN3O4. The van der Waals surface area contributed by atoms with Crippen LogP contribution >= 0.6 is 0 Å². The lowest BCUT2D eigenvalue weighted by Gasteiger charge is -2.19. The summed E-state index contributed by atoms with van der Waals surface area (Å²) in [6.45, 7) is 0.144. The van der Waals surface area contributed by atoms with Gasteiger partial charge in [-0.3, -0.25) is 14.9 Å². The summed E-state index contributed by atoms with van der Waals surface area (Å²) in [5, 5.41) is 13.8. The van der Waals surface area contributed by atoms with Crippen LogP contribution in [0.5, 0.6) is 5.75 Å². The molecule has 1 amide bonds. The number of nitro groups is 1. The Morgan fingerprint density at radius 3 is 2.60 bits per heavy atom. The van der Waals surface area contributed by atoms with Crippen molar-refractivity contribution in [3.05, 3.63) is 63.5 Å². The van der Waals surface area contributed by atoms with E-state index in [-0.39, 0.29) is 23.5 Å². The molecule has 0 atom stereocenters. The van der Waals surface area contributed by atoms with Crippen LogP contribution in [0.2, 0.25) is 0 Å². The van der Waals surface area contributed by atoms with Gasteiger partial charge in [0, 0.05) is 38.5 Å². The minimum absolute atomic E-state index is 0.119. The number of ether oxygens (including phenoxy) is 1. The third-order valence-electron chi connectivity index (χ3n) is 3.70. The largest absolute Gasteiger partial charge is 0.494 e. The molecule has 7 nitrogen and oxygen atoms in total. The minimum Gasteiger partial charge on any atom is -0.494 e. The van der Waals surface area contributed by atoms with Gasteiger partial charge in [-0.2, -0.15) is 0 Å². The van der Waals surface area contributed by atoms with E-state index in [2.05, 4.69) is 5.32 Å². The van der Waals surface area contributed by atoms with E-state index in [1.54, 1.807) is 20.2 Å². The number of amides is 1. The number of rotatable bonds is 6. The monoisotopic (exact) mass is 347 g/mol. The summed E-state index contributed by atoms with van der Waals surface area (Å²) in [5.41, 5.74) is 1.05. The molecule has 0 aromatic heterocycles. The van der Waals surface area contributed by atoms with Gasteiger partial charge in [-0.1, -0.05) is 6.07 Å². The highest BCUT2D eigenvalue weighted by atomic mass is 19.1. The van der Waals surface area contributed by atoms with Gasteiger partial charge in [-0.15, -0.1) is 0 Å². The number of hydrogen-bond donors (Lipinski definition) is 1. The summed E-state index contributed by atoms with van der Waals surface area (Å²) in [6, 6.07) is 8.44. The molecule has 0 spiro atoms. The van der Waals surface area contributed by atoms with Gasteiger partial charge in [0.1, 0.15) is 0 Å². The van der Waals surface area contributed by atoms with Crippen LogP contribution in [0.4, 0.5) is 15.8 Å². The molecule has 0 bridgehead atoms. The Hall–Kier alpha value is -3.16. The molecule has 2 aromatic carbocycles. The quantitative estimate of drug-likeness (QED) is 0.641. The molecule has 0 aliphatic rings. The second-order valence-electron chi connectivity index (χ2n) is 5.37. The Bertz CT molecular complexity index is 810. The van der Waals surface area contributed by atoms with Crippen LogP contribution in [0.25, 0.3) is 0 Å². The SMILES string of the molecule is CNc1ccc([N+](=O)[O-])cc1C(=O)N(C)Cc1ccc(OC)c(F)c1. The van der Waals surface area contributed by atoms with Crippen molar-refractivity contribution >= 4 is 17.3 Å². The topological polar surface area (TPSA) is 84.7 Å². The van der Waals surface area contributed by atoms with Crippen molar-refractivity contribution in [3.8, 4) is 5.75 Å². The third-order valence-corrected chi connectivity index (χ3v) is 3.70. The van der Waals surface area contributed by atoms with Crippen LogP contribution in [0, 0.1) is 15.9 Å². The molecule has 2 rings (SSSR count). The molecule has 8 heteroatoms. The highest BCUT2D eigenvalue weighted by molar-refractivity contribution is 6.00. The number of halogens is 1. The average Bonchev–Trinajstić information content (AvgIpc) is 2.60. The van der Waals surface area contributed by atoms with Crippen molar-refractivity contribution in [1.82, 2.24) is 4.90 Å². The maximum Gasteiger partial charge on any atom is 0.270 e. The zero-order valence-electron chi connectivity index (χ0n) is 14.1. The predicted octanol–water partition coefficient (Wildman–Crippen LogP) is 3.06. The number of carbonyl (C=O) groups excluding carboxylic acids is 1. The summed E-state index contributed by atoms with van der Waals surface area (Å²) in [7, 11) is 4.54. The summed E-state index contributed by atoms with van der Waals surface area (Å²) < 4.78 is 18.6. The molecule has 1 N–H and O–H groups in total. The van der Waals surface area contributed by atoms with Crippen LogP contribution in [-0.2, 0) is 6.54 Å². The van der Waals surface area contributed by atoms with E-state index in [1.807, 2.05) is 0 Å². The number of methoxy groups -OCH3 is 1. The van der Waals surface area contributed by atoms with Crippen LogP contribution in [0.15, 0.2) is 36.4 Å². The van der Waals surface area contributed by atoms with Crippen molar-refractivity contribution in [3.63, 3.8) is 0 Å². The fourth-order valence-corrected chi connectivity index (χ4v) is 2.40. The van der Waals surface area contributed by atoms with Crippen molar-refractivity contribution in [2.24, 2.45) is 0 Å². The molecule has 2 aromatic rings. The van der Waals surface area contributed by atoms with E-state index in [4.69, 9.17) is 4.74 Å². The molecule has 0 saturated carbocycles. The fraction of sp³-hybridized carbons (Fsp3) is 0.235. The first-order valence-electron chi connectivity index (χ1n) is 7.41. The Morgan fingerprint density at radius 1 is 1.32 bits per heavy atom. The number of nitrogens with zero attached hydrogens (tertiary/aromatic N) is 2. The van der Waals surface area contributed by atoms with E-state index in [9.17, 15) is 19.3 Å². The molecule has 0 heterocycles. The molecule has 25 heavy (non-hydrogen) atoms. The van der Waals surface area contributed by atoms with Gasteiger partial charge in [0.15, 0.2) is 11.6 Å². The summed E-state index contributed by atoms with van der Waals surface area (Å²) in [6.07, 6.45) is 0. The Balaban J connectivity index is 2.26. The van der Waals surface area contributed by atoms with Crippen molar-refractivity contribution in [1.29, 1.82) is 0 Å². The highest BCUT2D eigenvalue weighted by Crippen LogP contribution is 2.24. The van der Waals surface area contributed by atoms with Gasteiger partial charge in [-0.25, -0.2) is 4.39 Å². The molecule has 132 valence electrons. The second kappa shape index (κ2) is 7.61. The molecule has 0 aliphatic carbocycles. The molecule has 0 fully saturated rings. The molecule has 0 radical (unpaired) electrons. The van der Waals surface area contributed by atoms with Crippen LogP contribution in [0.1, 0.15) is 15.9 Å².